The summed E-state index contributed by atoms with van der Waals surface area (Å²) in [6.07, 6.45) is 9.15. The van der Waals surface area contributed by atoms with E-state index in [9.17, 15) is 9.59 Å². The number of esters is 2. The Hall–Kier alpha value is -3.40. The highest BCUT2D eigenvalue weighted by molar-refractivity contribution is 5.95. The number of hydrogen-bond acceptors (Lipinski definition) is 4. The average Bonchev–Trinajstić information content (AvgIpc) is 2.70. The first-order chi connectivity index (χ1) is 13.6. The zero-order valence-electron chi connectivity index (χ0n) is 15.6. The van der Waals surface area contributed by atoms with Gasteiger partial charge in [-0.2, -0.15) is 0 Å². The maximum Gasteiger partial charge on any atom is 0.336 e. The van der Waals surface area contributed by atoms with E-state index in [1.807, 2.05) is 24.3 Å². The molecule has 1 aliphatic rings. The lowest BCUT2D eigenvalue weighted by atomic mass is 9.97. The Morgan fingerprint density at radius 3 is 2.21 bits per heavy atom. The number of fused-ring (bicyclic) bond motifs is 1. The Bertz CT molecular complexity index is 953. The van der Waals surface area contributed by atoms with E-state index >= 15 is 0 Å². The van der Waals surface area contributed by atoms with E-state index in [-0.39, 0.29) is 5.75 Å². The average molecular weight is 374 g/mol. The van der Waals surface area contributed by atoms with Crippen LogP contribution in [0.2, 0.25) is 0 Å². The monoisotopic (exact) mass is 374 g/mol. The van der Waals surface area contributed by atoms with Gasteiger partial charge < -0.3 is 9.47 Å². The Kier molecular flexibility index (Phi) is 6.22. The molecule has 0 bridgehead atoms. The summed E-state index contributed by atoms with van der Waals surface area (Å²) in [4.78, 5) is 23.7. The van der Waals surface area contributed by atoms with Crippen LogP contribution in [0, 0.1) is 0 Å². The Morgan fingerprint density at radius 1 is 0.786 bits per heavy atom. The molecule has 2 aromatic carbocycles. The Morgan fingerprint density at radius 2 is 1.46 bits per heavy atom. The van der Waals surface area contributed by atoms with E-state index in [1.165, 1.54) is 5.56 Å². The normalized spacial score (nSPS) is 14.1. The number of unbranched alkanes of at least 4 members (excludes halogenated alkanes) is 1. The second-order valence-electron chi connectivity index (χ2n) is 6.45. The van der Waals surface area contributed by atoms with Crippen molar-refractivity contribution in [2.45, 2.75) is 25.7 Å². The largest absolute Gasteiger partial charge is 0.419 e. The van der Waals surface area contributed by atoms with Gasteiger partial charge in [-0.05, 0) is 48.4 Å². The molecule has 1 heterocycles. The topological polar surface area (TPSA) is 52.6 Å². The first-order valence-electron chi connectivity index (χ1n) is 9.22. The van der Waals surface area contributed by atoms with Crippen LogP contribution < -0.4 is 9.47 Å². The lowest BCUT2D eigenvalue weighted by Crippen LogP contribution is -2.15. The molecule has 0 radical (unpaired) electrons. The van der Waals surface area contributed by atoms with Gasteiger partial charge in [0.25, 0.3) is 0 Å². The summed E-state index contributed by atoms with van der Waals surface area (Å²) in [5, 5.41) is 0. The molecule has 0 aromatic heterocycles. The van der Waals surface area contributed by atoms with Gasteiger partial charge >= 0.3 is 11.9 Å². The van der Waals surface area contributed by atoms with Crippen molar-refractivity contribution < 1.29 is 19.1 Å². The molecule has 0 saturated carbocycles. The summed E-state index contributed by atoms with van der Waals surface area (Å²) in [6.45, 7) is 7.70. The van der Waals surface area contributed by atoms with Gasteiger partial charge in [0.15, 0.2) is 11.5 Å². The SMILES string of the molecule is C=Cc1ccccc1CCCCc1c(C=C)ccc2c1OC(=O)/C=C\C(=O)O2. The lowest BCUT2D eigenvalue weighted by Gasteiger charge is -2.17. The van der Waals surface area contributed by atoms with Gasteiger partial charge in [0.1, 0.15) is 0 Å². The minimum atomic E-state index is -0.601. The fraction of sp³-hybridized carbons (Fsp3) is 0.167. The Balaban J connectivity index is 1.78. The predicted octanol–water partition coefficient (Wildman–Crippen LogP) is 4.92. The maximum absolute atomic E-state index is 11.9. The summed E-state index contributed by atoms with van der Waals surface area (Å²) < 4.78 is 10.7. The van der Waals surface area contributed by atoms with Crippen LogP contribution in [0.1, 0.15) is 35.1 Å². The molecule has 142 valence electrons. The van der Waals surface area contributed by atoms with Crippen molar-refractivity contribution in [1.82, 2.24) is 0 Å². The summed E-state index contributed by atoms with van der Waals surface area (Å²) in [6, 6.07) is 11.6. The van der Waals surface area contributed by atoms with E-state index < -0.39 is 11.9 Å². The minimum Gasteiger partial charge on any atom is -0.419 e. The predicted molar refractivity (Wildman–Crippen MR) is 110 cm³/mol. The summed E-state index contributed by atoms with van der Waals surface area (Å²) in [5.41, 5.74) is 4.08. The van der Waals surface area contributed by atoms with Gasteiger partial charge in [0.2, 0.25) is 0 Å². The second kappa shape index (κ2) is 9.00. The Labute approximate surface area is 164 Å². The van der Waals surface area contributed by atoms with Crippen molar-refractivity contribution in [2.75, 3.05) is 0 Å². The summed E-state index contributed by atoms with van der Waals surface area (Å²) >= 11 is 0. The van der Waals surface area contributed by atoms with Gasteiger partial charge in [0, 0.05) is 17.7 Å². The van der Waals surface area contributed by atoms with Crippen LogP contribution in [-0.2, 0) is 22.4 Å². The zero-order chi connectivity index (χ0) is 19.9. The first-order valence-corrected chi connectivity index (χ1v) is 9.22. The quantitative estimate of drug-likeness (QED) is 0.392. The van der Waals surface area contributed by atoms with E-state index in [0.29, 0.717) is 12.2 Å². The number of ether oxygens (including phenoxy) is 2. The van der Waals surface area contributed by atoms with E-state index in [0.717, 1.165) is 48.1 Å². The van der Waals surface area contributed by atoms with Crippen LogP contribution in [0.25, 0.3) is 12.2 Å². The third-order valence-corrected chi connectivity index (χ3v) is 4.65. The highest BCUT2D eigenvalue weighted by Gasteiger charge is 2.20. The molecular formula is C24H22O4. The van der Waals surface area contributed by atoms with Gasteiger partial charge in [-0.15, -0.1) is 0 Å². The minimum absolute atomic E-state index is 0.250. The molecule has 0 fully saturated rings. The number of aryl methyl sites for hydroxylation is 1. The molecule has 2 aromatic rings. The number of carbonyl (C=O) groups excluding carboxylic acids is 2. The molecule has 1 aliphatic heterocycles. The van der Waals surface area contributed by atoms with Crippen molar-refractivity contribution in [3.63, 3.8) is 0 Å². The third-order valence-electron chi connectivity index (χ3n) is 4.65. The van der Waals surface area contributed by atoms with Crippen molar-refractivity contribution in [3.8, 4) is 11.5 Å². The van der Waals surface area contributed by atoms with Gasteiger partial charge in [-0.3, -0.25) is 0 Å². The van der Waals surface area contributed by atoms with Crippen molar-refractivity contribution in [3.05, 3.63) is 84.0 Å². The molecule has 0 N–H and O–H groups in total. The van der Waals surface area contributed by atoms with Crippen molar-refractivity contribution in [1.29, 1.82) is 0 Å². The lowest BCUT2D eigenvalue weighted by molar-refractivity contribution is -0.133. The van der Waals surface area contributed by atoms with Gasteiger partial charge in [-0.25, -0.2) is 9.59 Å². The number of carbonyl (C=O) groups is 2. The summed E-state index contributed by atoms with van der Waals surface area (Å²) in [5.74, 6) is -0.650. The molecule has 28 heavy (non-hydrogen) atoms. The van der Waals surface area contributed by atoms with Crippen molar-refractivity contribution >= 4 is 24.1 Å². The van der Waals surface area contributed by atoms with Crippen LogP contribution in [0.4, 0.5) is 0 Å². The van der Waals surface area contributed by atoms with E-state index in [2.05, 4.69) is 25.3 Å². The highest BCUT2D eigenvalue weighted by atomic mass is 16.6. The van der Waals surface area contributed by atoms with Crippen molar-refractivity contribution in [2.24, 2.45) is 0 Å². The smallest absolute Gasteiger partial charge is 0.336 e. The van der Waals surface area contributed by atoms with Crippen LogP contribution in [0.15, 0.2) is 61.7 Å². The second-order valence-corrected chi connectivity index (χ2v) is 6.45. The molecule has 0 atom stereocenters. The van der Waals surface area contributed by atoms with Gasteiger partial charge in [0.05, 0.1) is 0 Å². The molecule has 0 amide bonds. The molecule has 4 heteroatoms. The first kappa shape index (κ1) is 19.4. The maximum atomic E-state index is 11.9. The standard InChI is InChI=1S/C24H22O4/c1-3-17-9-5-6-10-19(17)11-7-8-12-20-18(4-2)13-14-21-24(20)28-23(26)16-15-22(25)27-21/h3-6,9-10,13-16H,1-2,7-8,11-12H2/b16-15-. The fourth-order valence-electron chi connectivity index (χ4n) is 3.25. The third kappa shape index (κ3) is 4.46. The highest BCUT2D eigenvalue weighted by Crippen LogP contribution is 2.36. The summed E-state index contributed by atoms with van der Waals surface area (Å²) in [7, 11) is 0. The molecule has 0 spiro atoms. The van der Waals surface area contributed by atoms with Crippen LogP contribution in [-0.4, -0.2) is 11.9 Å². The number of hydrogen-bond donors (Lipinski definition) is 0. The molecule has 0 aliphatic carbocycles. The van der Waals surface area contributed by atoms with E-state index in [1.54, 1.807) is 12.1 Å². The fourth-order valence-corrected chi connectivity index (χ4v) is 3.25. The van der Waals surface area contributed by atoms with Crippen LogP contribution in [0.5, 0.6) is 11.5 Å². The molecule has 0 unspecified atom stereocenters. The molecule has 0 saturated heterocycles. The van der Waals surface area contributed by atoms with Crippen LogP contribution >= 0.6 is 0 Å². The molecule has 3 rings (SSSR count). The van der Waals surface area contributed by atoms with E-state index in [4.69, 9.17) is 9.47 Å². The molecule has 4 nitrogen and oxygen atoms in total. The zero-order valence-corrected chi connectivity index (χ0v) is 15.6. The van der Waals surface area contributed by atoms with Gasteiger partial charge in [-0.1, -0.05) is 55.6 Å². The molecular weight excluding hydrogens is 352 g/mol. The number of benzene rings is 2. The van der Waals surface area contributed by atoms with Crippen LogP contribution in [0.3, 0.4) is 0 Å². The number of rotatable bonds is 7.